The van der Waals surface area contributed by atoms with Gasteiger partial charge in [-0.15, -0.1) is 0 Å². The Balaban J connectivity index is 2.30. The smallest absolute Gasteiger partial charge is 0.257 e. The molecule has 4 nitrogen and oxygen atoms in total. The van der Waals surface area contributed by atoms with Crippen molar-refractivity contribution in [1.29, 1.82) is 0 Å². The van der Waals surface area contributed by atoms with Crippen molar-refractivity contribution >= 4 is 5.91 Å². The third-order valence-electron chi connectivity index (χ3n) is 2.88. The van der Waals surface area contributed by atoms with Crippen LogP contribution in [0.5, 0.6) is 5.75 Å². The van der Waals surface area contributed by atoms with E-state index in [1.54, 1.807) is 6.92 Å². The number of amides is 1. The predicted molar refractivity (Wildman–Crippen MR) is 75.3 cm³/mol. The Kier molecular flexibility index (Phi) is 6.36. The SMILES string of the molecule is Cc1cccc(C)c1OCC(=O)NCCCC(C)O. The summed E-state index contributed by atoms with van der Waals surface area (Å²) in [6, 6.07) is 5.89. The lowest BCUT2D eigenvalue weighted by Crippen LogP contribution is -2.30. The number of carbonyl (C=O) groups excluding carboxylic acids is 1. The van der Waals surface area contributed by atoms with Gasteiger partial charge in [0, 0.05) is 6.54 Å². The molecular weight excluding hydrogens is 242 g/mol. The Labute approximate surface area is 114 Å². The maximum absolute atomic E-state index is 11.6. The molecule has 2 N–H and O–H groups in total. The van der Waals surface area contributed by atoms with Crippen LogP contribution in [-0.4, -0.2) is 30.3 Å². The lowest BCUT2D eigenvalue weighted by molar-refractivity contribution is -0.123. The molecule has 4 heteroatoms. The van der Waals surface area contributed by atoms with Gasteiger partial charge < -0.3 is 15.2 Å². The van der Waals surface area contributed by atoms with E-state index in [1.807, 2.05) is 32.0 Å². The van der Waals surface area contributed by atoms with E-state index in [0.29, 0.717) is 13.0 Å². The van der Waals surface area contributed by atoms with Crippen LogP contribution in [0.1, 0.15) is 30.9 Å². The summed E-state index contributed by atoms with van der Waals surface area (Å²) in [6.45, 7) is 6.26. The number of hydrogen-bond donors (Lipinski definition) is 2. The molecule has 0 spiro atoms. The van der Waals surface area contributed by atoms with Gasteiger partial charge in [0.1, 0.15) is 5.75 Å². The lowest BCUT2D eigenvalue weighted by atomic mass is 10.1. The molecule has 19 heavy (non-hydrogen) atoms. The average Bonchev–Trinajstić information content (AvgIpc) is 2.34. The zero-order valence-corrected chi connectivity index (χ0v) is 11.9. The number of para-hydroxylation sites is 1. The highest BCUT2D eigenvalue weighted by atomic mass is 16.5. The zero-order valence-electron chi connectivity index (χ0n) is 11.9. The van der Waals surface area contributed by atoms with Crippen molar-refractivity contribution in [3.05, 3.63) is 29.3 Å². The van der Waals surface area contributed by atoms with Crippen molar-refractivity contribution in [2.75, 3.05) is 13.2 Å². The fourth-order valence-electron chi connectivity index (χ4n) is 1.84. The third kappa shape index (κ3) is 5.75. The van der Waals surface area contributed by atoms with E-state index < -0.39 is 0 Å². The second-order valence-electron chi connectivity index (χ2n) is 4.85. The van der Waals surface area contributed by atoms with Crippen LogP contribution in [0.3, 0.4) is 0 Å². The van der Waals surface area contributed by atoms with Gasteiger partial charge in [-0.1, -0.05) is 18.2 Å². The second kappa shape index (κ2) is 7.79. The molecule has 1 atom stereocenters. The van der Waals surface area contributed by atoms with E-state index in [2.05, 4.69) is 5.32 Å². The molecule has 0 heterocycles. The van der Waals surface area contributed by atoms with Crippen molar-refractivity contribution < 1.29 is 14.6 Å². The average molecular weight is 265 g/mol. The number of aliphatic hydroxyl groups is 1. The fourth-order valence-corrected chi connectivity index (χ4v) is 1.84. The number of ether oxygens (including phenoxy) is 1. The van der Waals surface area contributed by atoms with Crippen LogP contribution in [0, 0.1) is 13.8 Å². The van der Waals surface area contributed by atoms with Gasteiger partial charge in [-0.2, -0.15) is 0 Å². The van der Waals surface area contributed by atoms with Gasteiger partial charge in [-0.25, -0.2) is 0 Å². The Morgan fingerprint density at radius 1 is 1.37 bits per heavy atom. The molecule has 1 aromatic rings. The summed E-state index contributed by atoms with van der Waals surface area (Å²) >= 11 is 0. The quantitative estimate of drug-likeness (QED) is 0.741. The topological polar surface area (TPSA) is 58.6 Å². The second-order valence-corrected chi connectivity index (χ2v) is 4.85. The van der Waals surface area contributed by atoms with Crippen LogP contribution in [0.15, 0.2) is 18.2 Å². The van der Waals surface area contributed by atoms with E-state index in [4.69, 9.17) is 9.84 Å². The van der Waals surface area contributed by atoms with Gasteiger partial charge in [0.05, 0.1) is 6.10 Å². The summed E-state index contributed by atoms with van der Waals surface area (Å²) < 4.78 is 5.55. The molecule has 0 radical (unpaired) electrons. The van der Waals surface area contributed by atoms with Crippen LogP contribution in [0.25, 0.3) is 0 Å². The molecule has 0 aliphatic carbocycles. The molecule has 0 fully saturated rings. The Bertz CT molecular complexity index is 396. The highest BCUT2D eigenvalue weighted by molar-refractivity contribution is 5.77. The third-order valence-corrected chi connectivity index (χ3v) is 2.88. The molecule has 0 aliphatic rings. The Morgan fingerprint density at radius 3 is 2.58 bits per heavy atom. The number of aryl methyl sites for hydroxylation is 2. The molecule has 0 saturated heterocycles. The molecule has 1 aromatic carbocycles. The Morgan fingerprint density at radius 2 is 2.00 bits per heavy atom. The summed E-state index contributed by atoms with van der Waals surface area (Å²) in [7, 11) is 0. The lowest BCUT2D eigenvalue weighted by Gasteiger charge is -2.12. The standard InChI is InChI=1S/C15H23NO3/c1-11-6-4-7-12(2)15(11)19-10-14(18)16-9-5-8-13(3)17/h4,6-7,13,17H,5,8-10H2,1-3H3,(H,16,18). The van der Waals surface area contributed by atoms with E-state index in [-0.39, 0.29) is 18.6 Å². The van der Waals surface area contributed by atoms with E-state index in [1.165, 1.54) is 0 Å². The van der Waals surface area contributed by atoms with Crippen LogP contribution in [0.4, 0.5) is 0 Å². The summed E-state index contributed by atoms with van der Waals surface area (Å²) in [5.41, 5.74) is 2.06. The molecule has 0 saturated carbocycles. The molecular formula is C15H23NO3. The van der Waals surface area contributed by atoms with Crippen molar-refractivity contribution in [2.45, 2.75) is 39.7 Å². The van der Waals surface area contributed by atoms with Gasteiger partial charge in [-0.05, 0) is 44.7 Å². The first-order chi connectivity index (χ1) is 9.00. The van der Waals surface area contributed by atoms with E-state index >= 15 is 0 Å². The maximum Gasteiger partial charge on any atom is 0.257 e. The number of benzene rings is 1. The van der Waals surface area contributed by atoms with E-state index in [0.717, 1.165) is 23.3 Å². The number of rotatable bonds is 7. The number of nitrogens with one attached hydrogen (secondary N) is 1. The van der Waals surface area contributed by atoms with Gasteiger partial charge >= 0.3 is 0 Å². The largest absolute Gasteiger partial charge is 0.483 e. The molecule has 0 aliphatic heterocycles. The number of aliphatic hydroxyl groups excluding tert-OH is 1. The first kappa shape index (κ1) is 15.5. The molecule has 106 valence electrons. The minimum absolute atomic E-state index is 0.0281. The molecule has 1 unspecified atom stereocenters. The molecule has 1 rings (SSSR count). The fraction of sp³-hybridized carbons (Fsp3) is 0.533. The van der Waals surface area contributed by atoms with Gasteiger partial charge in [0.2, 0.25) is 0 Å². The summed E-state index contributed by atoms with van der Waals surface area (Å²) in [6.07, 6.45) is 1.15. The van der Waals surface area contributed by atoms with Gasteiger partial charge in [-0.3, -0.25) is 4.79 Å². The molecule has 0 bridgehead atoms. The minimum Gasteiger partial charge on any atom is -0.483 e. The first-order valence-corrected chi connectivity index (χ1v) is 6.64. The zero-order chi connectivity index (χ0) is 14.3. The molecule has 0 aromatic heterocycles. The van der Waals surface area contributed by atoms with Crippen LogP contribution < -0.4 is 10.1 Å². The summed E-state index contributed by atoms with van der Waals surface area (Å²) in [5, 5.41) is 11.9. The monoisotopic (exact) mass is 265 g/mol. The van der Waals surface area contributed by atoms with Crippen molar-refractivity contribution in [3.63, 3.8) is 0 Å². The normalized spacial score (nSPS) is 12.0. The first-order valence-electron chi connectivity index (χ1n) is 6.64. The van der Waals surface area contributed by atoms with E-state index in [9.17, 15) is 4.79 Å². The number of carbonyl (C=O) groups is 1. The van der Waals surface area contributed by atoms with Crippen LogP contribution in [-0.2, 0) is 4.79 Å². The maximum atomic E-state index is 11.6. The Hall–Kier alpha value is -1.55. The van der Waals surface area contributed by atoms with Crippen molar-refractivity contribution in [2.24, 2.45) is 0 Å². The predicted octanol–water partition coefficient (Wildman–Crippen LogP) is 1.96. The van der Waals surface area contributed by atoms with Gasteiger partial charge in [0.15, 0.2) is 6.61 Å². The van der Waals surface area contributed by atoms with Crippen LogP contribution in [0.2, 0.25) is 0 Å². The summed E-state index contributed by atoms with van der Waals surface area (Å²) in [5.74, 6) is 0.648. The van der Waals surface area contributed by atoms with Crippen molar-refractivity contribution in [3.8, 4) is 5.75 Å². The van der Waals surface area contributed by atoms with Gasteiger partial charge in [0.25, 0.3) is 5.91 Å². The highest BCUT2D eigenvalue weighted by Crippen LogP contribution is 2.21. The molecule has 1 amide bonds. The summed E-state index contributed by atoms with van der Waals surface area (Å²) in [4.78, 5) is 11.6. The minimum atomic E-state index is -0.317. The highest BCUT2D eigenvalue weighted by Gasteiger charge is 2.06. The van der Waals surface area contributed by atoms with Crippen LogP contribution >= 0.6 is 0 Å². The van der Waals surface area contributed by atoms with Crippen molar-refractivity contribution in [1.82, 2.24) is 5.32 Å². The number of hydrogen-bond acceptors (Lipinski definition) is 3.